The topological polar surface area (TPSA) is 87.7 Å². The monoisotopic (exact) mass is 271 g/mol. The quantitative estimate of drug-likeness (QED) is 0.286. The Hall–Kier alpha value is -1.26. The van der Waals surface area contributed by atoms with E-state index in [-0.39, 0.29) is 17.7 Å². The summed E-state index contributed by atoms with van der Waals surface area (Å²) in [5, 5.41) is 14.6. The molecule has 4 N–H and O–H groups in total. The van der Waals surface area contributed by atoms with E-state index in [1.807, 2.05) is 13.8 Å². The van der Waals surface area contributed by atoms with Crippen molar-refractivity contribution in [3.05, 3.63) is 0 Å². The van der Waals surface area contributed by atoms with Gasteiger partial charge in [0.15, 0.2) is 5.84 Å². The van der Waals surface area contributed by atoms with Gasteiger partial charge in [0.1, 0.15) is 5.92 Å². The molecule has 112 valence electrons. The molecular formula is C14H29N3O2. The van der Waals surface area contributed by atoms with E-state index in [1.54, 1.807) is 0 Å². The average molecular weight is 271 g/mol. The largest absolute Gasteiger partial charge is 0.409 e. The standard InChI is InChI=1S/C14H29N3O2/c1-8(2)11(9(3)4)7-16-14(18)12(10(5)6)13(15)17-19/h8-12,19H,7H2,1-6H3,(H2,15,17)(H,16,18). The Labute approximate surface area is 116 Å². The van der Waals surface area contributed by atoms with Crippen LogP contribution in [-0.2, 0) is 4.79 Å². The third-order valence-electron chi connectivity index (χ3n) is 3.61. The zero-order valence-corrected chi connectivity index (χ0v) is 13.0. The zero-order valence-electron chi connectivity index (χ0n) is 13.0. The Balaban J connectivity index is 4.66. The summed E-state index contributed by atoms with van der Waals surface area (Å²) in [6, 6.07) is 0. The average Bonchev–Trinajstić information content (AvgIpc) is 2.27. The van der Waals surface area contributed by atoms with E-state index in [0.29, 0.717) is 24.3 Å². The Morgan fingerprint density at radius 3 is 1.89 bits per heavy atom. The third-order valence-corrected chi connectivity index (χ3v) is 3.61. The van der Waals surface area contributed by atoms with E-state index in [2.05, 4.69) is 38.2 Å². The fraction of sp³-hybridized carbons (Fsp3) is 0.857. The Morgan fingerprint density at radius 1 is 1.11 bits per heavy atom. The highest BCUT2D eigenvalue weighted by molar-refractivity contribution is 6.02. The molecule has 1 atom stereocenters. The van der Waals surface area contributed by atoms with Crippen LogP contribution < -0.4 is 11.1 Å². The summed E-state index contributed by atoms with van der Waals surface area (Å²) in [5.74, 6) is 0.638. The second kappa shape index (κ2) is 8.02. The lowest BCUT2D eigenvalue weighted by Crippen LogP contribution is -2.44. The molecule has 0 saturated heterocycles. The summed E-state index contributed by atoms with van der Waals surface area (Å²) < 4.78 is 0. The van der Waals surface area contributed by atoms with E-state index >= 15 is 0 Å². The highest BCUT2D eigenvalue weighted by atomic mass is 16.4. The van der Waals surface area contributed by atoms with E-state index in [0.717, 1.165) is 0 Å². The molecule has 5 heteroatoms. The minimum atomic E-state index is -0.579. The van der Waals surface area contributed by atoms with Gasteiger partial charge >= 0.3 is 0 Å². The summed E-state index contributed by atoms with van der Waals surface area (Å²) in [7, 11) is 0. The number of hydrogen-bond donors (Lipinski definition) is 3. The van der Waals surface area contributed by atoms with Crippen LogP contribution in [0.3, 0.4) is 0 Å². The molecule has 0 aliphatic carbocycles. The molecule has 0 aromatic carbocycles. The summed E-state index contributed by atoms with van der Waals surface area (Å²) in [6.07, 6.45) is 0. The van der Waals surface area contributed by atoms with Gasteiger partial charge in [-0.3, -0.25) is 4.79 Å². The minimum Gasteiger partial charge on any atom is -0.409 e. The number of carbonyl (C=O) groups is 1. The van der Waals surface area contributed by atoms with Gasteiger partial charge in [0.25, 0.3) is 0 Å². The van der Waals surface area contributed by atoms with Gasteiger partial charge in [-0.15, -0.1) is 0 Å². The molecule has 0 aromatic rings. The number of carbonyl (C=O) groups excluding carboxylic acids is 1. The maximum atomic E-state index is 12.2. The van der Waals surface area contributed by atoms with Crippen molar-refractivity contribution >= 4 is 11.7 Å². The van der Waals surface area contributed by atoms with Crippen LogP contribution in [0, 0.1) is 29.6 Å². The molecule has 1 amide bonds. The van der Waals surface area contributed by atoms with Crippen LogP contribution in [-0.4, -0.2) is 23.5 Å². The molecule has 0 aromatic heterocycles. The smallest absolute Gasteiger partial charge is 0.231 e. The molecule has 0 radical (unpaired) electrons. The molecule has 5 nitrogen and oxygen atoms in total. The first kappa shape index (κ1) is 17.7. The third kappa shape index (κ3) is 5.49. The van der Waals surface area contributed by atoms with Crippen molar-refractivity contribution in [2.75, 3.05) is 6.54 Å². The Kier molecular flexibility index (Phi) is 7.49. The van der Waals surface area contributed by atoms with Crippen LogP contribution in [0.15, 0.2) is 5.16 Å². The number of nitrogens with zero attached hydrogens (tertiary/aromatic N) is 1. The highest BCUT2D eigenvalue weighted by Crippen LogP contribution is 2.20. The molecule has 0 saturated carbocycles. The lowest BCUT2D eigenvalue weighted by atomic mass is 9.85. The lowest BCUT2D eigenvalue weighted by Gasteiger charge is -2.26. The number of nitrogens with two attached hydrogens (primary N) is 1. The summed E-state index contributed by atoms with van der Waals surface area (Å²) >= 11 is 0. The Bertz CT molecular complexity index is 304. The van der Waals surface area contributed by atoms with Gasteiger partial charge in [-0.25, -0.2) is 0 Å². The molecular weight excluding hydrogens is 242 g/mol. The SMILES string of the molecule is CC(C)C(C(=O)NCC(C(C)C)C(C)C)C(N)=NO. The predicted octanol–water partition coefficient (Wildman–Crippen LogP) is 2.05. The van der Waals surface area contributed by atoms with Crippen molar-refractivity contribution < 1.29 is 10.0 Å². The second-order valence-electron chi connectivity index (χ2n) is 6.14. The number of nitrogens with one attached hydrogen (secondary N) is 1. The second-order valence-corrected chi connectivity index (χ2v) is 6.14. The van der Waals surface area contributed by atoms with Gasteiger partial charge < -0.3 is 16.3 Å². The predicted molar refractivity (Wildman–Crippen MR) is 77.9 cm³/mol. The summed E-state index contributed by atoms with van der Waals surface area (Å²) in [6.45, 7) is 13.0. The van der Waals surface area contributed by atoms with Crippen LogP contribution in [0.2, 0.25) is 0 Å². The van der Waals surface area contributed by atoms with Crippen LogP contribution in [0.25, 0.3) is 0 Å². The Morgan fingerprint density at radius 2 is 1.58 bits per heavy atom. The van der Waals surface area contributed by atoms with Crippen LogP contribution in [0.1, 0.15) is 41.5 Å². The molecule has 0 rings (SSSR count). The molecule has 0 spiro atoms. The summed E-state index contributed by atoms with van der Waals surface area (Å²) in [4.78, 5) is 12.2. The van der Waals surface area contributed by atoms with Crippen LogP contribution in [0.5, 0.6) is 0 Å². The first-order valence-electron chi connectivity index (χ1n) is 6.97. The fourth-order valence-corrected chi connectivity index (χ4v) is 2.41. The van der Waals surface area contributed by atoms with Crippen molar-refractivity contribution in [1.82, 2.24) is 5.32 Å². The minimum absolute atomic E-state index is 0.00699. The molecule has 1 unspecified atom stereocenters. The zero-order chi connectivity index (χ0) is 15.2. The highest BCUT2D eigenvalue weighted by Gasteiger charge is 2.28. The fourth-order valence-electron chi connectivity index (χ4n) is 2.41. The van der Waals surface area contributed by atoms with Crippen molar-refractivity contribution in [2.45, 2.75) is 41.5 Å². The molecule has 0 fully saturated rings. The number of oxime groups is 1. The van der Waals surface area contributed by atoms with E-state index in [4.69, 9.17) is 10.9 Å². The lowest BCUT2D eigenvalue weighted by molar-refractivity contribution is -0.124. The van der Waals surface area contributed by atoms with Crippen molar-refractivity contribution in [3.8, 4) is 0 Å². The summed E-state index contributed by atoms with van der Waals surface area (Å²) in [5.41, 5.74) is 5.58. The van der Waals surface area contributed by atoms with Gasteiger partial charge in [-0.2, -0.15) is 0 Å². The van der Waals surface area contributed by atoms with Crippen LogP contribution in [0.4, 0.5) is 0 Å². The number of rotatable bonds is 7. The van der Waals surface area contributed by atoms with E-state index in [1.165, 1.54) is 0 Å². The van der Waals surface area contributed by atoms with Crippen molar-refractivity contribution in [2.24, 2.45) is 40.5 Å². The molecule has 0 heterocycles. The van der Waals surface area contributed by atoms with E-state index in [9.17, 15) is 4.79 Å². The maximum absolute atomic E-state index is 12.2. The molecule has 0 bridgehead atoms. The number of amidine groups is 1. The van der Waals surface area contributed by atoms with Crippen molar-refractivity contribution in [3.63, 3.8) is 0 Å². The first-order valence-corrected chi connectivity index (χ1v) is 6.97. The molecule has 0 aliphatic rings. The van der Waals surface area contributed by atoms with Gasteiger partial charge in [0.2, 0.25) is 5.91 Å². The van der Waals surface area contributed by atoms with Crippen molar-refractivity contribution in [1.29, 1.82) is 0 Å². The maximum Gasteiger partial charge on any atom is 0.231 e. The number of hydrogen-bond acceptors (Lipinski definition) is 3. The molecule has 0 aliphatic heterocycles. The normalized spacial score (nSPS) is 14.5. The van der Waals surface area contributed by atoms with Gasteiger partial charge in [0.05, 0.1) is 0 Å². The molecule has 19 heavy (non-hydrogen) atoms. The first-order chi connectivity index (χ1) is 8.72. The van der Waals surface area contributed by atoms with Crippen LogP contribution >= 0.6 is 0 Å². The number of amides is 1. The van der Waals surface area contributed by atoms with E-state index < -0.39 is 5.92 Å². The van der Waals surface area contributed by atoms with Gasteiger partial charge in [-0.05, 0) is 23.7 Å². The van der Waals surface area contributed by atoms with Gasteiger partial charge in [0, 0.05) is 6.54 Å². The van der Waals surface area contributed by atoms with Gasteiger partial charge in [-0.1, -0.05) is 46.7 Å².